The Bertz CT molecular complexity index is 691. The van der Waals surface area contributed by atoms with Gasteiger partial charge in [0, 0.05) is 12.1 Å². The maximum absolute atomic E-state index is 12.4. The van der Waals surface area contributed by atoms with Crippen molar-refractivity contribution >= 4 is 17.7 Å². The molecule has 2 atom stereocenters. The van der Waals surface area contributed by atoms with E-state index in [1.165, 1.54) is 24.3 Å². The molecule has 0 spiro atoms. The highest BCUT2D eigenvalue weighted by molar-refractivity contribution is 5.89. The summed E-state index contributed by atoms with van der Waals surface area (Å²) >= 11 is 0. The number of hydrogen-bond donors (Lipinski definition) is 1. The second-order valence-electron chi connectivity index (χ2n) is 7.86. The minimum Gasteiger partial charge on any atom is -0.457 e. The SMILES string of the molecule is C[C@H](NC(=O)OC(C)(C)C)C(CC1CC1)OC(=O)c1ccc([N+](=O)[O-])cc1. The Morgan fingerprint density at radius 3 is 2.33 bits per heavy atom. The van der Waals surface area contributed by atoms with Gasteiger partial charge in [-0.05, 0) is 52.2 Å². The van der Waals surface area contributed by atoms with Crippen LogP contribution in [-0.4, -0.2) is 34.7 Å². The van der Waals surface area contributed by atoms with Gasteiger partial charge in [0.25, 0.3) is 5.69 Å². The van der Waals surface area contributed by atoms with E-state index in [-0.39, 0.29) is 11.3 Å². The molecule has 1 aliphatic rings. The Balaban J connectivity index is 2.01. The van der Waals surface area contributed by atoms with E-state index in [9.17, 15) is 19.7 Å². The van der Waals surface area contributed by atoms with Crippen molar-refractivity contribution in [1.82, 2.24) is 5.32 Å². The third-order valence-electron chi connectivity index (χ3n) is 4.14. The zero-order valence-corrected chi connectivity index (χ0v) is 16.1. The van der Waals surface area contributed by atoms with E-state index < -0.39 is 34.7 Å². The van der Waals surface area contributed by atoms with Gasteiger partial charge in [0.15, 0.2) is 0 Å². The lowest BCUT2D eigenvalue weighted by atomic mass is 10.1. The lowest BCUT2D eigenvalue weighted by molar-refractivity contribution is -0.384. The number of carbonyl (C=O) groups is 2. The Kier molecular flexibility index (Phi) is 6.41. The summed E-state index contributed by atoms with van der Waals surface area (Å²) in [5.74, 6) is -0.101. The van der Waals surface area contributed by atoms with E-state index in [0.717, 1.165) is 12.8 Å². The maximum atomic E-state index is 12.4. The van der Waals surface area contributed by atoms with Gasteiger partial charge in [-0.2, -0.15) is 0 Å². The average Bonchev–Trinajstić information content (AvgIpc) is 3.36. The molecule has 1 saturated carbocycles. The Labute approximate surface area is 158 Å². The number of amides is 1. The largest absolute Gasteiger partial charge is 0.457 e. The fraction of sp³-hybridized carbons (Fsp3) is 0.579. The molecule has 1 amide bonds. The van der Waals surface area contributed by atoms with Crippen LogP contribution in [0.15, 0.2) is 24.3 Å². The van der Waals surface area contributed by atoms with E-state index in [1.807, 2.05) is 0 Å². The van der Waals surface area contributed by atoms with Crippen molar-refractivity contribution in [3.63, 3.8) is 0 Å². The van der Waals surface area contributed by atoms with Gasteiger partial charge >= 0.3 is 12.1 Å². The lowest BCUT2D eigenvalue weighted by Crippen LogP contribution is -2.45. The number of esters is 1. The molecule has 0 aromatic heterocycles. The van der Waals surface area contributed by atoms with Crippen molar-refractivity contribution in [3.8, 4) is 0 Å². The van der Waals surface area contributed by atoms with Gasteiger partial charge in [0.1, 0.15) is 11.7 Å². The molecular formula is C19H26N2O6. The molecule has 27 heavy (non-hydrogen) atoms. The van der Waals surface area contributed by atoms with Crippen molar-refractivity contribution in [2.24, 2.45) is 5.92 Å². The minimum atomic E-state index is -0.620. The topological polar surface area (TPSA) is 108 Å². The zero-order valence-electron chi connectivity index (χ0n) is 16.1. The minimum absolute atomic E-state index is 0.0963. The number of nitro benzene ring substituents is 1. The van der Waals surface area contributed by atoms with Crippen molar-refractivity contribution in [3.05, 3.63) is 39.9 Å². The highest BCUT2D eigenvalue weighted by Crippen LogP contribution is 2.35. The zero-order chi connectivity index (χ0) is 20.2. The molecule has 8 nitrogen and oxygen atoms in total. The van der Waals surface area contributed by atoms with E-state index >= 15 is 0 Å². The van der Waals surface area contributed by atoms with Gasteiger partial charge in [0.05, 0.1) is 16.5 Å². The summed E-state index contributed by atoms with van der Waals surface area (Å²) in [5, 5.41) is 13.4. The number of ether oxygens (including phenoxy) is 2. The van der Waals surface area contributed by atoms with Gasteiger partial charge in [-0.1, -0.05) is 12.8 Å². The standard InChI is InChI=1S/C19H26N2O6/c1-12(20-18(23)27-19(2,3)4)16(11-13-5-6-13)26-17(22)14-7-9-15(10-8-14)21(24)25/h7-10,12-13,16H,5-6,11H2,1-4H3,(H,20,23)/t12-,16?/m0/s1. The maximum Gasteiger partial charge on any atom is 0.407 e. The molecule has 1 fully saturated rings. The van der Waals surface area contributed by atoms with Gasteiger partial charge < -0.3 is 14.8 Å². The van der Waals surface area contributed by atoms with Crippen LogP contribution in [0.3, 0.4) is 0 Å². The second-order valence-corrected chi connectivity index (χ2v) is 7.86. The molecule has 0 bridgehead atoms. The number of benzene rings is 1. The molecule has 1 unspecified atom stereocenters. The third kappa shape index (κ3) is 6.88. The van der Waals surface area contributed by atoms with E-state index in [0.29, 0.717) is 12.3 Å². The molecule has 0 heterocycles. The van der Waals surface area contributed by atoms with E-state index in [1.54, 1.807) is 27.7 Å². The van der Waals surface area contributed by atoms with Crippen molar-refractivity contribution in [2.75, 3.05) is 0 Å². The highest BCUT2D eigenvalue weighted by atomic mass is 16.6. The van der Waals surface area contributed by atoms with Crippen LogP contribution in [0.5, 0.6) is 0 Å². The first-order chi connectivity index (χ1) is 12.5. The summed E-state index contributed by atoms with van der Waals surface area (Å²) in [6.45, 7) is 7.08. The predicted octanol–water partition coefficient (Wildman–Crippen LogP) is 3.83. The first kappa shape index (κ1) is 20.7. The lowest BCUT2D eigenvalue weighted by Gasteiger charge is -2.27. The van der Waals surface area contributed by atoms with E-state index in [2.05, 4.69) is 5.32 Å². The molecular weight excluding hydrogens is 352 g/mol. The Hall–Kier alpha value is -2.64. The predicted molar refractivity (Wildman–Crippen MR) is 98.5 cm³/mol. The number of nitrogens with zero attached hydrogens (tertiary/aromatic N) is 1. The van der Waals surface area contributed by atoms with Gasteiger partial charge in [0.2, 0.25) is 0 Å². The molecule has 148 valence electrons. The van der Waals surface area contributed by atoms with Crippen LogP contribution in [-0.2, 0) is 9.47 Å². The van der Waals surface area contributed by atoms with Crippen LogP contribution in [0.1, 0.15) is 57.3 Å². The number of alkyl carbamates (subject to hydrolysis) is 1. The van der Waals surface area contributed by atoms with Gasteiger partial charge in [-0.3, -0.25) is 10.1 Å². The number of hydrogen-bond acceptors (Lipinski definition) is 6. The monoisotopic (exact) mass is 378 g/mol. The number of carbonyl (C=O) groups excluding carboxylic acids is 2. The molecule has 0 radical (unpaired) electrons. The molecule has 1 aromatic carbocycles. The third-order valence-corrected chi connectivity index (χ3v) is 4.14. The Morgan fingerprint density at radius 1 is 1.26 bits per heavy atom. The number of nitrogens with one attached hydrogen (secondary N) is 1. The van der Waals surface area contributed by atoms with Gasteiger partial charge in [-0.25, -0.2) is 9.59 Å². The summed E-state index contributed by atoms with van der Waals surface area (Å²) in [4.78, 5) is 34.6. The summed E-state index contributed by atoms with van der Waals surface area (Å²) < 4.78 is 10.9. The van der Waals surface area contributed by atoms with Crippen LogP contribution in [0.25, 0.3) is 0 Å². The first-order valence-electron chi connectivity index (χ1n) is 9.00. The van der Waals surface area contributed by atoms with Crippen molar-refractivity contribution in [1.29, 1.82) is 0 Å². The van der Waals surface area contributed by atoms with Crippen LogP contribution >= 0.6 is 0 Å². The molecule has 1 aliphatic carbocycles. The fourth-order valence-corrected chi connectivity index (χ4v) is 2.55. The Morgan fingerprint density at radius 2 is 1.85 bits per heavy atom. The summed E-state index contributed by atoms with van der Waals surface area (Å²) in [5.41, 5.74) is -0.488. The number of non-ortho nitro benzene ring substituents is 1. The van der Waals surface area contributed by atoms with Crippen LogP contribution in [0.4, 0.5) is 10.5 Å². The summed E-state index contributed by atoms with van der Waals surface area (Å²) in [6.07, 6.45) is 1.72. The normalized spacial score (nSPS) is 16.1. The number of nitro groups is 1. The van der Waals surface area contributed by atoms with Crippen LogP contribution in [0, 0.1) is 16.0 Å². The molecule has 0 aliphatic heterocycles. The summed E-state index contributed by atoms with van der Waals surface area (Å²) in [7, 11) is 0. The molecule has 1 aromatic rings. The smallest absolute Gasteiger partial charge is 0.407 e. The van der Waals surface area contributed by atoms with Crippen molar-refractivity contribution < 1.29 is 24.0 Å². The number of rotatable bonds is 7. The fourth-order valence-electron chi connectivity index (χ4n) is 2.55. The molecule has 2 rings (SSSR count). The second kappa shape index (κ2) is 8.37. The molecule has 8 heteroatoms. The van der Waals surface area contributed by atoms with E-state index in [4.69, 9.17) is 9.47 Å². The molecule has 0 saturated heterocycles. The highest BCUT2D eigenvalue weighted by Gasteiger charge is 2.32. The van der Waals surface area contributed by atoms with Crippen LogP contribution < -0.4 is 5.32 Å². The quantitative estimate of drug-likeness (QED) is 0.439. The van der Waals surface area contributed by atoms with Gasteiger partial charge in [-0.15, -0.1) is 0 Å². The summed E-state index contributed by atoms with van der Waals surface area (Å²) in [6, 6.07) is 4.81. The molecule has 1 N–H and O–H groups in total. The first-order valence-corrected chi connectivity index (χ1v) is 9.00. The average molecular weight is 378 g/mol. The van der Waals surface area contributed by atoms with Crippen molar-refractivity contribution in [2.45, 2.75) is 64.7 Å². The van der Waals surface area contributed by atoms with Crippen LogP contribution in [0.2, 0.25) is 0 Å².